The van der Waals surface area contributed by atoms with Gasteiger partial charge in [0.05, 0.1) is 41.3 Å². The molecule has 0 atom stereocenters. The summed E-state index contributed by atoms with van der Waals surface area (Å²) in [5.74, 6) is -4.41. The summed E-state index contributed by atoms with van der Waals surface area (Å²) in [5, 5.41) is 13.3. The zero-order valence-corrected chi connectivity index (χ0v) is 43.6. The van der Waals surface area contributed by atoms with Gasteiger partial charge in [-0.25, -0.2) is 29.2 Å². The van der Waals surface area contributed by atoms with E-state index in [2.05, 4.69) is 19.7 Å². The predicted molar refractivity (Wildman–Crippen MR) is 262 cm³/mol. The van der Waals surface area contributed by atoms with Crippen LogP contribution in [0.4, 0.5) is 0 Å². The van der Waals surface area contributed by atoms with Gasteiger partial charge >= 0.3 is 35.8 Å². The maximum absolute atomic E-state index is 14.2. The molecular weight excluding hydrogens is 1000 g/mol. The number of rotatable bonds is 29. The van der Waals surface area contributed by atoms with Gasteiger partial charge in [-0.3, -0.25) is 19.2 Å². The molecule has 0 aliphatic carbocycles. The Morgan fingerprint density at radius 1 is 0.521 bits per heavy atom. The fourth-order valence-corrected chi connectivity index (χ4v) is 11.5. The van der Waals surface area contributed by atoms with Crippen molar-refractivity contribution >= 4 is 94.7 Å². The van der Waals surface area contributed by atoms with E-state index in [1.165, 1.54) is 30.8 Å². The lowest BCUT2D eigenvalue weighted by Gasteiger charge is -2.27. The smallest absolute Gasteiger partial charge is 0.350 e. The number of benzene rings is 1. The summed E-state index contributed by atoms with van der Waals surface area (Å²) in [6.45, 7) is 18.3. The summed E-state index contributed by atoms with van der Waals surface area (Å²) in [6, 6.07) is 1.92. The van der Waals surface area contributed by atoms with Crippen LogP contribution in [-0.4, -0.2) is 124 Å². The van der Waals surface area contributed by atoms with Crippen LogP contribution in [-0.2, 0) is 66.8 Å². The lowest BCUT2D eigenvalue weighted by molar-refractivity contribution is -0.150. The molecular formula is C48H57N3O16S4. The third-order valence-electron chi connectivity index (χ3n) is 9.67. The Morgan fingerprint density at radius 2 is 0.873 bits per heavy atom. The van der Waals surface area contributed by atoms with Crippen molar-refractivity contribution in [3.05, 3.63) is 56.1 Å². The lowest BCUT2D eigenvalue weighted by atomic mass is 10.3. The number of hydrogen-bond donors (Lipinski definition) is 0. The minimum atomic E-state index is -0.991. The number of ether oxygens (including phenoxy) is 8. The van der Waals surface area contributed by atoms with Gasteiger partial charge in [0.2, 0.25) is 0 Å². The minimum Gasteiger partial charge on any atom is -0.491 e. The molecule has 1 fully saturated rings. The third-order valence-corrected chi connectivity index (χ3v) is 14.9. The van der Waals surface area contributed by atoms with Crippen LogP contribution in [0.25, 0.3) is 0 Å². The van der Waals surface area contributed by atoms with E-state index >= 15 is 0 Å². The van der Waals surface area contributed by atoms with Crippen LogP contribution in [0.2, 0.25) is 0 Å². The monoisotopic (exact) mass is 1060 g/mol. The first-order chi connectivity index (χ1) is 33.9. The number of carbonyl (C=O) groups excluding carboxylic acids is 8. The highest BCUT2D eigenvalue weighted by Crippen LogP contribution is 2.68. The minimum absolute atomic E-state index is 0.0156. The molecule has 19 nitrogen and oxygen atoms in total. The van der Waals surface area contributed by atoms with Crippen LogP contribution < -0.4 is 9.47 Å². The fourth-order valence-electron chi connectivity index (χ4n) is 6.06. The van der Waals surface area contributed by atoms with Crippen molar-refractivity contribution in [3.63, 3.8) is 0 Å². The number of amides is 2. The van der Waals surface area contributed by atoms with Crippen LogP contribution in [0, 0.1) is 11.3 Å². The van der Waals surface area contributed by atoms with E-state index in [0.29, 0.717) is 49.8 Å². The predicted octanol–water partition coefficient (Wildman–Crippen LogP) is 7.52. The van der Waals surface area contributed by atoms with Crippen molar-refractivity contribution in [2.45, 2.75) is 106 Å². The molecule has 0 unspecified atom stereocenters. The second-order valence-electron chi connectivity index (χ2n) is 15.6. The Hall–Kier alpha value is -5.83. The number of nitriles is 1. The average molecular weight is 1060 g/mol. The van der Waals surface area contributed by atoms with E-state index in [9.17, 15) is 43.6 Å². The molecule has 23 heteroatoms. The van der Waals surface area contributed by atoms with Crippen LogP contribution in [0.5, 0.6) is 11.5 Å². The molecule has 3 aliphatic heterocycles. The molecule has 1 aromatic rings. The van der Waals surface area contributed by atoms with Crippen molar-refractivity contribution in [3.8, 4) is 17.6 Å². The largest absolute Gasteiger partial charge is 0.491 e. The van der Waals surface area contributed by atoms with Gasteiger partial charge in [-0.15, -0.1) is 0 Å². The maximum atomic E-state index is 14.2. The molecule has 0 bridgehead atoms. The number of hydrogen-bond acceptors (Lipinski definition) is 21. The Kier molecular flexibility index (Phi) is 23.5. The number of fused-ring (bicyclic) bond motifs is 2. The number of hydrazine groups is 1. The van der Waals surface area contributed by atoms with Gasteiger partial charge in [-0.2, -0.15) is 5.26 Å². The topological polar surface area (TPSA) is 241 Å². The summed E-state index contributed by atoms with van der Waals surface area (Å²) < 4.78 is 44.2. The normalized spacial score (nSPS) is 13.5. The van der Waals surface area contributed by atoms with E-state index in [0.717, 1.165) is 59.9 Å². The molecule has 0 aromatic heterocycles. The first-order valence-corrected chi connectivity index (χ1v) is 25.9. The lowest BCUT2D eigenvalue weighted by Crippen LogP contribution is -2.42. The Balaban J connectivity index is 1.71. The van der Waals surface area contributed by atoms with E-state index in [-0.39, 0.29) is 122 Å². The zero-order valence-electron chi connectivity index (χ0n) is 40.4. The molecule has 0 N–H and O–H groups in total. The SMILES string of the molecule is C=C(C)C(=O)OCCOC(=O)CCCOc1c2c(c(OCCCC(=O)OCCOC(=O)C(=C)C)c3c1SC(=C1C(=O)N(CCCC)N(CCCC)C1=O)S3)SC(=C(C#N)C(=O)OCCOC(=O)C(=C)C)S2. The van der Waals surface area contributed by atoms with Crippen molar-refractivity contribution in [1.82, 2.24) is 10.0 Å². The van der Waals surface area contributed by atoms with Gasteiger partial charge < -0.3 is 37.9 Å². The third kappa shape index (κ3) is 16.3. The van der Waals surface area contributed by atoms with Crippen LogP contribution >= 0.6 is 47.0 Å². The first-order valence-electron chi connectivity index (χ1n) is 22.6. The summed E-state index contributed by atoms with van der Waals surface area (Å²) in [4.78, 5) is 104. The van der Waals surface area contributed by atoms with Crippen LogP contribution in [0.3, 0.4) is 0 Å². The quantitative estimate of drug-likeness (QED) is 0.0188. The van der Waals surface area contributed by atoms with Gasteiger partial charge in [-0.05, 0) is 46.5 Å². The van der Waals surface area contributed by atoms with Gasteiger partial charge in [-0.1, -0.05) is 93.5 Å². The molecule has 3 aliphatic rings. The van der Waals surface area contributed by atoms with Gasteiger partial charge in [0.25, 0.3) is 11.8 Å². The van der Waals surface area contributed by atoms with Gasteiger partial charge in [0.1, 0.15) is 62.8 Å². The summed E-state index contributed by atoms with van der Waals surface area (Å²) in [5.41, 5.74) is 0.174. The Morgan fingerprint density at radius 3 is 1.23 bits per heavy atom. The van der Waals surface area contributed by atoms with E-state index in [1.807, 2.05) is 19.9 Å². The summed E-state index contributed by atoms with van der Waals surface area (Å²) >= 11 is 4.29. The highest BCUT2D eigenvalue weighted by Gasteiger charge is 2.46. The Labute approximate surface area is 429 Å². The molecule has 384 valence electrons. The van der Waals surface area contributed by atoms with Crippen LogP contribution in [0.1, 0.15) is 86.0 Å². The molecule has 1 aromatic carbocycles. The standard InChI is InChI=1S/C48H57N3O16S4/c1-9-11-17-50-41(54)34(42(55)51(50)18-12-10-2)48-70-39-35(62-19-13-15-32(52)60-21-23-64-43(56)28(3)4)37-38(69-47(68-37)31(27-49)46(59)67-26-25-66-45(58)30(7)8)36(40(39)71-48)63-20-14-16-33(53)61-22-24-65-44(57)29(5)6/h3,5,7,9-26H2,1-2,4,6,8H3. The zero-order chi connectivity index (χ0) is 52.2. The molecule has 0 radical (unpaired) electrons. The summed E-state index contributed by atoms with van der Waals surface area (Å²) in [6.07, 6.45) is 3.08. The van der Waals surface area contributed by atoms with Crippen LogP contribution in [0.15, 0.2) is 75.7 Å². The number of nitrogens with zero attached hydrogens (tertiary/aromatic N) is 3. The van der Waals surface area contributed by atoms with E-state index in [1.54, 1.807) is 0 Å². The number of thioether (sulfide) groups is 4. The van der Waals surface area contributed by atoms with Crippen molar-refractivity contribution < 1.29 is 76.3 Å². The summed E-state index contributed by atoms with van der Waals surface area (Å²) in [7, 11) is 0. The Bertz CT molecular complexity index is 2280. The fraction of sp³-hybridized carbons (Fsp3) is 0.479. The van der Waals surface area contributed by atoms with Crippen molar-refractivity contribution in [1.29, 1.82) is 5.26 Å². The molecule has 0 spiro atoms. The van der Waals surface area contributed by atoms with Crippen molar-refractivity contribution in [2.75, 3.05) is 65.9 Å². The first kappa shape index (κ1) is 57.7. The highest BCUT2D eigenvalue weighted by molar-refractivity contribution is 8.26. The molecule has 1 saturated heterocycles. The highest BCUT2D eigenvalue weighted by atomic mass is 32.2. The molecule has 0 saturated carbocycles. The van der Waals surface area contributed by atoms with Gasteiger partial charge in [0.15, 0.2) is 5.57 Å². The molecule has 2 amide bonds. The number of carbonyl (C=O) groups is 8. The van der Waals surface area contributed by atoms with E-state index < -0.39 is 47.6 Å². The maximum Gasteiger partial charge on any atom is 0.350 e. The second kappa shape index (κ2) is 28.9. The average Bonchev–Trinajstić information content (AvgIpc) is 4.03. The molecule has 71 heavy (non-hydrogen) atoms. The molecule has 4 rings (SSSR count). The van der Waals surface area contributed by atoms with E-state index in [4.69, 9.17) is 37.9 Å². The van der Waals surface area contributed by atoms with Crippen molar-refractivity contribution in [2.24, 2.45) is 0 Å². The number of esters is 6. The number of unbranched alkanes of at least 4 members (excludes halogenated alkanes) is 2. The van der Waals surface area contributed by atoms with Gasteiger partial charge in [0, 0.05) is 42.7 Å². The molecule has 3 heterocycles. The second-order valence-corrected chi connectivity index (χ2v) is 20.2.